The Hall–Kier alpha value is -0.990. The molecule has 0 aliphatic carbocycles. The highest BCUT2D eigenvalue weighted by molar-refractivity contribution is 7.84. The number of rotatable bonds is 6. The first-order chi connectivity index (χ1) is 10.0. The van der Waals surface area contributed by atoms with Gasteiger partial charge in [-0.1, -0.05) is 0 Å². The highest BCUT2D eigenvalue weighted by Gasteiger charge is 2.16. The van der Waals surface area contributed by atoms with Crippen molar-refractivity contribution >= 4 is 34.3 Å². The molecule has 118 valence electrons. The van der Waals surface area contributed by atoms with E-state index in [1.807, 2.05) is 11.8 Å². The predicted octanol–water partition coefficient (Wildman–Crippen LogP) is 0.931. The van der Waals surface area contributed by atoms with Gasteiger partial charge in [0.1, 0.15) is 0 Å². The van der Waals surface area contributed by atoms with Crippen LogP contribution in [0.1, 0.15) is 13.3 Å². The minimum absolute atomic E-state index is 0.116. The topological polar surface area (TPSA) is 80.2 Å². The zero-order valence-corrected chi connectivity index (χ0v) is 13.8. The van der Waals surface area contributed by atoms with E-state index in [0.29, 0.717) is 30.9 Å². The van der Waals surface area contributed by atoms with E-state index in [9.17, 15) is 4.21 Å². The van der Waals surface area contributed by atoms with E-state index >= 15 is 0 Å². The number of ether oxygens (including phenoxy) is 1. The fraction of sp³-hybridized carbons (Fsp3) is 0.750. The van der Waals surface area contributed by atoms with Gasteiger partial charge in [-0.05, 0) is 24.9 Å². The van der Waals surface area contributed by atoms with Crippen LogP contribution in [0.5, 0.6) is 0 Å². The molecule has 0 spiro atoms. The molecule has 2 atom stereocenters. The summed E-state index contributed by atoms with van der Waals surface area (Å²) < 4.78 is 16.4. The van der Waals surface area contributed by atoms with Gasteiger partial charge in [0.15, 0.2) is 0 Å². The molecular weight excluding hydrogens is 314 g/mol. The Balaban J connectivity index is 2.02. The largest absolute Gasteiger partial charge is 0.378 e. The lowest BCUT2D eigenvalue weighted by Gasteiger charge is -2.27. The molecule has 0 amide bonds. The first kappa shape index (κ1) is 16.4. The number of hydrogen-bond acceptors (Lipinski definition) is 7. The molecular formula is C12H20ClN5O2S. The maximum absolute atomic E-state index is 11.1. The van der Waals surface area contributed by atoms with Gasteiger partial charge >= 0.3 is 0 Å². The van der Waals surface area contributed by atoms with Crippen LogP contribution in [0.15, 0.2) is 0 Å². The number of morpholine rings is 1. The minimum Gasteiger partial charge on any atom is -0.378 e. The van der Waals surface area contributed by atoms with Gasteiger partial charge in [0.2, 0.25) is 17.2 Å². The Kier molecular flexibility index (Phi) is 6.13. The van der Waals surface area contributed by atoms with E-state index in [0.717, 1.165) is 19.5 Å². The van der Waals surface area contributed by atoms with Crippen LogP contribution in [0.25, 0.3) is 0 Å². The molecule has 1 aliphatic heterocycles. The molecule has 2 heterocycles. The highest BCUT2D eigenvalue weighted by Crippen LogP contribution is 2.16. The number of anilines is 2. The van der Waals surface area contributed by atoms with Crippen molar-refractivity contribution in [3.63, 3.8) is 0 Å². The second-order valence-corrected chi connectivity index (χ2v) is 6.83. The lowest BCUT2D eigenvalue weighted by Crippen LogP contribution is -2.37. The van der Waals surface area contributed by atoms with E-state index in [2.05, 4.69) is 20.3 Å². The maximum atomic E-state index is 11.1. The van der Waals surface area contributed by atoms with Crippen LogP contribution in [0.2, 0.25) is 5.28 Å². The second kappa shape index (κ2) is 7.86. The number of aromatic nitrogens is 3. The summed E-state index contributed by atoms with van der Waals surface area (Å²) in [6.45, 7) is 4.79. The molecule has 0 radical (unpaired) electrons. The zero-order chi connectivity index (χ0) is 15.2. The van der Waals surface area contributed by atoms with Crippen molar-refractivity contribution in [1.82, 2.24) is 15.0 Å². The maximum Gasteiger partial charge on any atom is 0.231 e. The van der Waals surface area contributed by atoms with Crippen molar-refractivity contribution in [1.29, 1.82) is 0 Å². The lowest BCUT2D eigenvalue weighted by molar-refractivity contribution is 0.122. The monoisotopic (exact) mass is 333 g/mol. The lowest BCUT2D eigenvalue weighted by atomic mass is 10.3. The Bertz CT molecular complexity index is 499. The van der Waals surface area contributed by atoms with Crippen molar-refractivity contribution in [3.05, 3.63) is 5.28 Å². The molecule has 1 N–H and O–H groups in total. The van der Waals surface area contributed by atoms with Gasteiger partial charge < -0.3 is 15.0 Å². The van der Waals surface area contributed by atoms with Gasteiger partial charge in [0, 0.05) is 41.9 Å². The van der Waals surface area contributed by atoms with Gasteiger partial charge in [0.05, 0.1) is 13.2 Å². The van der Waals surface area contributed by atoms with E-state index in [1.165, 1.54) is 0 Å². The Morgan fingerprint density at radius 3 is 2.76 bits per heavy atom. The fourth-order valence-corrected chi connectivity index (χ4v) is 2.79. The molecule has 0 bridgehead atoms. The van der Waals surface area contributed by atoms with E-state index < -0.39 is 10.8 Å². The normalized spacial score (nSPS) is 18.3. The Labute approximate surface area is 131 Å². The highest BCUT2D eigenvalue weighted by atomic mass is 35.5. The quantitative estimate of drug-likeness (QED) is 0.829. The van der Waals surface area contributed by atoms with Crippen LogP contribution in [0, 0.1) is 0 Å². The van der Waals surface area contributed by atoms with E-state index in [4.69, 9.17) is 16.3 Å². The van der Waals surface area contributed by atoms with Crippen molar-refractivity contribution in [2.75, 3.05) is 48.5 Å². The second-order valence-electron chi connectivity index (χ2n) is 4.94. The standard InChI is InChI=1S/C12H20ClN5O2S/c1-9(3-8-21(2)19)14-11-15-10(13)16-12(17-11)18-4-6-20-7-5-18/h9H,3-8H2,1-2H3,(H,14,15,16,17). The molecule has 1 aromatic heterocycles. The van der Waals surface area contributed by atoms with Gasteiger partial charge in [-0.25, -0.2) is 0 Å². The van der Waals surface area contributed by atoms with Crippen molar-refractivity contribution in [2.24, 2.45) is 0 Å². The van der Waals surface area contributed by atoms with Crippen LogP contribution in [-0.2, 0) is 15.5 Å². The van der Waals surface area contributed by atoms with E-state index in [-0.39, 0.29) is 11.3 Å². The fourth-order valence-electron chi connectivity index (χ4n) is 1.94. The molecule has 1 aromatic rings. The first-order valence-electron chi connectivity index (χ1n) is 6.85. The molecule has 1 fully saturated rings. The Morgan fingerprint density at radius 2 is 2.10 bits per heavy atom. The van der Waals surface area contributed by atoms with Gasteiger partial charge in [0.25, 0.3) is 0 Å². The molecule has 1 saturated heterocycles. The van der Waals surface area contributed by atoms with Crippen LogP contribution in [-0.4, -0.2) is 63.5 Å². The smallest absolute Gasteiger partial charge is 0.231 e. The SMILES string of the molecule is CC(CCS(C)=O)Nc1nc(Cl)nc(N2CCOCC2)n1. The summed E-state index contributed by atoms with van der Waals surface area (Å²) in [4.78, 5) is 14.7. The van der Waals surface area contributed by atoms with Crippen LogP contribution >= 0.6 is 11.6 Å². The molecule has 0 aromatic carbocycles. The molecule has 21 heavy (non-hydrogen) atoms. The summed E-state index contributed by atoms with van der Waals surface area (Å²) in [5, 5.41) is 3.35. The first-order valence-corrected chi connectivity index (χ1v) is 8.96. The van der Waals surface area contributed by atoms with Crippen LogP contribution in [0.3, 0.4) is 0 Å². The zero-order valence-electron chi connectivity index (χ0n) is 12.2. The summed E-state index contributed by atoms with van der Waals surface area (Å²) in [7, 11) is -0.798. The third-order valence-corrected chi connectivity index (χ3v) is 4.08. The third kappa shape index (κ3) is 5.37. The molecule has 9 heteroatoms. The number of nitrogens with zero attached hydrogens (tertiary/aromatic N) is 4. The summed E-state index contributed by atoms with van der Waals surface area (Å²) in [6, 6.07) is 0.116. The average Bonchev–Trinajstić information content (AvgIpc) is 2.45. The molecule has 7 nitrogen and oxygen atoms in total. The van der Waals surface area contributed by atoms with Crippen LogP contribution in [0.4, 0.5) is 11.9 Å². The number of hydrogen-bond donors (Lipinski definition) is 1. The summed E-state index contributed by atoms with van der Waals surface area (Å²) in [6.07, 6.45) is 2.47. The van der Waals surface area contributed by atoms with Gasteiger partial charge in [-0.2, -0.15) is 15.0 Å². The third-order valence-electron chi connectivity index (χ3n) is 3.10. The Morgan fingerprint density at radius 1 is 1.38 bits per heavy atom. The molecule has 0 saturated carbocycles. The summed E-state index contributed by atoms with van der Waals surface area (Å²) in [5.74, 6) is 1.65. The van der Waals surface area contributed by atoms with Crippen molar-refractivity contribution < 1.29 is 8.95 Å². The number of nitrogens with one attached hydrogen (secondary N) is 1. The van der Waals surface area contributed by atoms with Gasteiger partial charge in [-0.15, -0.1) is 0 Å². The van der Waals surface area contributed by atoms with E-state index in [1.54, 1.807) is 6.26 Å². The summed E-state index contributed by atoms with van der Waals surface area (Å²) in [5.41, 5.74) is 0. The molecule has 2 rings (SSSR count). The van der Waals surface area contributed by atoms with Crippen LogP contribution < -0.4 is 10.2 Å². The number of halogens is 1. The minimum atomic E-state index is -0.798. The van der Waals surface area contributed by atoms with Gasteiger partial charge in [-0.3, -0.25) is 4.21 Å². The van der Waals surface area contributed by atoms with Crippen molar-refractivity contribution in [2.45, 2.75) is 19.4 Å². The predicted molar refractivity (Wildman–Crippen MR) is 84.5 cm³/mol. The average molecular weight is 334 g/mol. The summed E-state index contributed by atoms with van der Waals surface area (Å²) >= 11 is 5.97. The molecule has 1 aliphatic rings. The van der Waals surface area contributed by atoms with Crippen molar-refractivity contribution in [3.8, 4) is 0 Å². The molecule has 2 unspecified atom stereocenters.